The first kappa shape index (κ1) is 14.0. The van der Waals surface area contributed by atoms with E-state index in [0.29, 0.717) is 22.6 Å². The lowest BCUT2D eigenvalue weighted by Crippen LogP contribution is -1.91. The molecule has 0 amide bonds. The normalized spacial score (nSPS) is 10.9. The van der Waals surface area contributed by atoms with E-state index < -0.39 is 10.2 Å². The smallest absolute Gasteiger partial charge is 0.273 e. The van der Waals surface area contributed by atoms with Crippen LogP contribution in [0.1, 0.15) is 11.3 Å². The molecule has 2 aromatic rings. The minimum absolute atomic E-state index is 0.0342. The minimum atomic E-state index is -0.603. The zero-order chi connectivity index (χ0) is 14.7. The maximum Gasteiger partial charge on any atom is 0.273 e. The van der Waals surface area contributed by atoms with Gasteiger partial charge in [-0.15, -0.1) is 0 Å². The number of aryl methyl sites for hydroxylation is 1. The second kappa shape index (κ2) is 5.71. The lowest BCUT2D eigenvalue weighted by molar-refractivity contribution is -0.385. The molecule has 1 heterocycles. The van der Waals surface area contributed by atoms with Crippen LogP contribution in [0.25, 0.3) is 17.4 Å². The van der Waals surface area contributed by atoms with Crippen LogP contribution in [0.5, 0.6) is 0 Å². The third kappa shape index (κ3) is 3.13. The van der Waals surface area contributed by atoms with Gasteiger partial charge in [-0.1, -0.05) is 12.1 Å². The summed E-state index contributed by atoms with van der Waals surface area (Å²) in [6, 6.07) is 8.17. The molecule has 0 fully saturated rings. The van der Waals surface area contributed by atoms with Crippen molar-refractivity contribution in [1.82, 2.24) is 0 Å². The van der Waals surface area contributed by atoms with Crippen molar-refractivity contribution in [3.8, 4) is 11.3 Å². The van der Waals surface area contributed by atoms with E-state index in [2.05, 4.69) is 0 Å². The van der Waals surface area contributed by atoms with E-state index in [4.69, 9.17) is 16.0 Å². The first-order chi connectivity index (χ1) is 9.47. The van der Waals surface area contributed by atoms with Gasteiger partial charge in [0.1, 0.15) is 11.5 Å². The molecule has 0 saturated carbocycles. The Morgan fingerprint density at radius 2 is 2.10 bits per heavy atom. The average Bonchev–Trinajstić information content (AvgIpc) is 2.85. The number of nitrogens with zero attached hydrogens (tertiary/aromatic N) is 1. The highest BCUT2D eigenvalue weighted by Gasteiger charge is 2.13. The molecule has 6 heteroatoms. The highest BCUT2D eigenvalue weighted by molar-refractivity contribution is 6.66. The van der Waals surface area contributed by atoms with Gasteiger partial charge in [-0.25, -0.2) is 0 Å². The summed E-state index contributed by atoms with van der Waals surface area (Å²) in [5, 5.41) is 10.3. The van der Waals surface area contributed by atoms with Gasteiger partial charge in [0.15, 0.2) is 0 Å². The molecule has 102 valence electrons. The van der Waals surface area contributed by atoms with Crippen molar-refractivity contribution < 1.29 is 14.1 Å². The molecule has 1 aromatic carbocycles. The maximum absolute atomic E-state index is 10.9. The van der Waals surface area contributed by atoms with Crippen LogP contribution in [0.2, 0.25) is 0 Å². The fraction of sp³-hybridized carbons (Fsp3) is 0.0714. The van der Waals surface area contributed by atoms with Crippen LogP contribution in [-0.2, 0) is 4.79 Å². The summed E-state index contributed by atoms with van der Waals surface area (Å²) in [7, 11) is 0. The summed E-state index contributed by atoms with van der Waals surface area (Å²) < 4.78 is 5.47. The van der Waals surface area contributed by atoms with Gasteiger partial charge in [0.25, 0.3) is 5.69 Å². The molecule has 0 spiro atoms. The van der Waals surface area contributed by atoms with Crippen LogP contribution in [0, 0.1) is 17.0 Å². The predicted molar refractivity (Wildman–Crippen MR) is 75.4 cm³/mol. The molecule has 0 bridgehead atoms. The van der Waals surface area contributed by atoms with Crippen molar-refractivity contribution >= 4 is 28.6 Å². The Kier molecular flexibility index (Phi) is 4.00. The van der Waals surface area contributed by atoms with E-state index in [1.54, 1.807) is 31.2 Å². The van der Waals surface area contributed by atoms with E-state index >= 15 is 0 Å². The Morgan fingerprint density at radius 1 is 1.35 bits per heavy atom. The first-order valence-corrected chi connectivity index (χ1v) is 6.08. The number of carbonyl (C=O) groups excluding carboxylic acids is 1. The van der Waals surface area contributed by atoms with Crippen LogP contribution in [0.4, 0.5) is 5.69 Å². The zero-order valence-corrected chi connectivity index (χ0v) is 11.3. The summed E-state index contributed by atoms with van der Waals surface area (Å²) in [6.07, 6.45) is 2.60. The van der Waals surface area contributed by atoms with Gasteiger partial charge in [-0.05, 0) is 36.7 Å². The van der Waals surface area contributed by atoms with Gasteiger partial charge in [0, 0.05) is 23.3 Å². The Bertz CT molecular complexity index is 703. The van der Waals surface area contributed by atoms with E-state index in [1.807, 2.05) is 0 Å². The highest BCUT2D eigenvalue weighted by atomic mass is 35.5. The van der Waals surface area contributed by atoms with Crippen LogP contribution in [-0.4, -0.2) is 10.2 Å². The van der Waals surface area contributed by atoms with E-state index in [9.17, 15) is 14.9 Å². The zero-order valence-electron chi connectivity index (χ0n) is 10.5. The molecule has 0 aliphatic heterocycles. The standard InChI is InChI=1S/C14H10ClNO4/c1-9-2-3-10(8-12(9)16(18)19)13-6-4-11(20-13)5-7-14(15)17/h2-8H,1H3/b7-5+. The summed E-state index contributed by atoms with van der Waals surface area (Å²) >= 11 is 5.18. The minimum Gasteiger partial charge on any atom is -0.457 e. The molecule has 1 aromatic heterocycles. The van der Waals surface area contributed by atoms with Crippen LogP contribution in [0.15, 0.2) is 40.8 Å². The van der Waals surface area contributed by atoms with Crippen molar-refractivity contribution in [2.45, 2.75) is 6.92 Å². The highest BCUT2D eigenvalue weighted by Crippen LogP contribution is 2.28. The summed E-state index contributed by atoms with van der Waals surface area (Å²) in [4.78, 5) is 21.1. The Hall–Kier alpha value is -2.40. The molecule has 0 atom stereocenters. The number of hydrogen-bond donors (Lipinski definition) is 0. The summed E-state index contributed by atoms with van der Waals surface area (Å²) in [5.74, 6) is 0.923. The molecule has 20 heavy (non-hydrogen) atoms. The van der Waals surface area contributed by atoms with E-state index in [-0.39, 0.29) is 5.69 Å². The number of nitro groups is 1. The second-order valence-electron chi connectivity index (χ2n) is 4.10. The Morgan fingerprint density at radius 3 is 2.75 bits per heavy atom. The molecule has 0 N–H and O–H groups in total. The van der Waals surface area contributed by atoms with Gasteiger partial charge in [-0.3, -0.25) is 14.9 Å². The lowest BCUT2D eigenvalue weighted by atomic mass is 10.1. The fourth-order valence-electron chi connectivity index (χ4n) is 1.70. The monoisotopic (exact) mass is 291 g/mol. The third-order valence-corrected chi connectivity index (χ3v) is 2.82. The molecule has 0 unspecified atom stereocenters. The van der Waals surface area contributed by atoms with Crippen molar-refractivity contribution in [2.75, 3.05) is 0 Å². The summed E-state index contributed by atoms with van der Waals surface area (Å²) in [6.45, 7) is 1.67. The van der Waals surface area contributed by atoms with E-state index in [1.165, 1.54) is 18.2 Å². The molecule has 0 saturated heterocycles. The van der Waals surface area contributed by atoms with Gasteiger partial charge >= 0.3 is 0 Å². The Labute approximate surface area is 119 Å². The van der Waals surface area contributed by atoms with Crippen LogP contribution < -0.4 is 0 Å². The summed E-state index contributed by atoms with van der Waals surface area (Å²) in [5.41, 5.74) is 1.21. The fourth-order valence-corrected chi connectivity index (χ4v) is 1.77. The maximum atomic E-state index is 10.9. The van der Waals surface area contributed by atoms with Crippen LogP contribution >= 0.6 is 11.6 Å². The number of rotatable bonds is 4. The number of halogens is 1. The van der Waals surface area contributed by atoms with E-state index in [0.717, 1.165) is 0 Å². The molecule has 0 aliphatic carbocycles. The number of furan rings is 1. The van der Waals surface area contributed by atoms with Gasteiger partial charge in [-0.2, -0.15) is 0 Å². The quantitative estimate of drug-likeness (QED) is 0.370. The van der Waals surface area contributed by atoms with Crippen LogP contribution in [0.3, 0.4) is 0 Å². The number of allylic oxidation sites excluding steroid dienone is 1. The number of nitro benzene ring substituents is 1. The third-order valence-electron chi connectivity index (χ3n) is 2.70. The first-order valence-electron chi connectivity index (χ1n) is 5.70. The number of hydrogen-bond acceptors (Lipinski definition) is 4. The predicted octanol–water partition coefficient (Wildman–Crippen LogP) is 3.94. The SMILES string of the molecule is Cc1ccc(-c2ccc(/C=C/C(=O)Cl)o2)cc1[N+](=O)[O-]. The lowest BCUT2D eigenvalue weighted by Gasteiger charge is -2.00. The topological polar surface area (TPSA) is 73.3 Å². The number of benzene rings is 1. The average molecular weight is 292 g/mol. The van der Waals surface area contributed by atoms with Crippen molar-refractivity contribution in [1.29, 1.82) is 0 Å². The molecule has 0 radical (unpaired) electrons. The second-order valence-corrected chi connectivity index (χ2v) is 4.47. The van der Waals surface area contributed by atoms with Gasteiger partial charge < -0.3 is 4.42 Å². The Balaban J connectivity index is 2.35. The van der Waals surface area contributed by atoms with Gasteiger partial charge in [0.2, 0.25) is 5.24 Å². The molecular formula is C14H10ClNO4. The van der Waals surface area contributed by atoms with Crippen molar-refractivity contribution in [3.63, 3.8) is 0 Å². The van der Waals surface area contributed by atoms with Crippen molar-refractivity contribution in [3.05, 3.63) is 57.8 Å². The van der Waals surface area contributed by atoms with Crippen molar-refractivity contribution in [2.24, 2.45) is 0 Å². The number of carbonyl (C=O) groups is 1. The van der Waals surface area contributed by atoms with Gasteiger partial charge in [0.05, 0.1) is 4.92 Å². The molecular weight excluding hydrogens is 282 g/mol. The molecule has 5 nitrogen and oxygen atoms in total. The molecule has 2 rings (SSSR count). The molecule has 0 aliphatic rings. The largest absolute Gasteiger partial charge is 0.457 e.